The molecule has 0 bridgehead atoms. The van der Waals surface area contributed by atoms with Gasteiger partial charge in [-0.2, -0.15) is 4.90 Å². The first kappa shape index (κ1) is 56.7. The Kier molecular flexibility index (Phi) is 13.7. The van der Waals surface area contributed by atoms with Crippen molar-refractivity contribution in [3.05, 3.63) is 63.7 Å². The molecule has 2 unspecified atom stereocenters. The number of phenols is 11. The van der Waals surface area contributed by atoms with Crippen molar-refractivity contribution in [2.45, 2.75) is 91.2 Å². The smallest absolute Gasteiger partial charge is 0.289 e. The number of ketones is 2. The Hall–Kier alpha value is -6.98. The summed E-state index contributed by atoms with van der Waals surface area (Å²) < 4.78 is 9.88. The molecule has 2 aliphatic heterocycles. The highest BCUT2D eigenvalue weighted by atomic mass is 16.7. The molecule has 0 radical (unpaired) electrons. The van der Waals surface area contributed by atoms with E-state index in [1.165, 1.54) is 30.3 Å². The van der Waals surface area contributed by atoms with Gasteiger partial charge in [0.1, 0.15) is 16.8 Å². The third kappa shape index (κ3) is 7.92. The molecule has 76 heavy (non-hydrogen) atoms. The SMILES string of the molecule is COc1c(O)c2c(c(O)c1OC)C(=O)C(O)(CC1(O)C(O)(O)C(O)(O)N(Cc3ccccc3)C(O)(O)C1(O)O)C2.O=C1c2c(O)c(O)c(O)c(O)c2CC1(O)CC1CCN(C(O)(O)c2c(O)c(O)c(O)c(O)c2O)CC1. The van der Waals surface area contributed by atoms with E-state index in [4.69, 9.17) is 9.47 Å². The Morgan fingerprint density at radius 2 is 0.947 bits per heavy atom. The number of Topliss-reactive ketones (excluding diaryl/α,β-unsaturated/α-hetero) is 2. The summed E-state index contributed by atoms with van der Waals surface area (Å²) in [6.45, 7) is -1.25. The van der Waals surface area contributed by atoms with Gasteiger partial charge in [0.25, 0.3) is 29.3 Å². The lowest BCUT2D eigenvalue weighted by Crippen LogP contribution is -2.93. The number of nitrogens with zero attached hydrogens (tertiary/aromatic N) is 2. The number of methoxy groups -OCH3 is 2. The average Bonchev–Trinajstić information content (AvgIpc) is 3.78. The fraction of sp³-hybridized carbons (Fsp3) is 0.435. The first-order valence-electron chi connectivity index (χ1n) is 22.3. The van der Waals surface area contributed by atoms with Gasteiger partial charge < -0.3 is 132 Å². The van der Waals surface area contributed by atoms with Gasteiger partial charge in [-0.25, -0.2) is 4.90 Å². The summed E-state index contributed by atoms with van der Waals surface area (Å²) in [5.41, 5.74) is -12.7. The molecule has 4 aliphatic rings. The Bertz CT molecular complexity index is 2950. The molecule has 30 nitrogen and oxygen atoms in total. The second-order valence-electron chi connectivity index (χ2n) is 19.1. The minimum Gasteiger partial charge on any atom is -0.504 e. The van der Waals surface area contributed by atoms with Crippen LogP contribution in [0.25, 0.3) is 0 Å². The number of carbonyl (C=O) groups is 2. The van der Waals surface area contributed by atoms with Gasteiger partial charge in [-0.15, -0.1) is 0 Å². The Morgan fingerprint density at radius 1 is 0.539 bits per heavy atom. The predicted molar refractivity (Wildman–Crippen MR) is 242 cm³/mol. The summed E-state index contributed by atoms with van der Waals surface area (Å²) in [6.07, 6.45) is -3.36. The van der Waals surface area contributed by atoms with E-state index in [0.717, 1.165) is 19.1 Å². The first-order valence-corrected chi connectivity index (χ1v) is 22.3. The number of fused-ring (bicyclic) bond motifs is 2. The van der Waals surface area contributed by atoms with Gasteiger partial charge in [0.2, 0.25) is 40.2 Å². The molecule has 8 rings (SSSR count). The minimum absolute atomic E-state index is 0.0633. The summed E-state index contributed by atoms with van der Waals surface area (Å²) in [7, 11) is 2.11. The number of carbonyl (C=O) groups excluding carboxylic acids is 2. The van der Waals surface area contributed by atoms with Crippen LogP contribution in [-0.4, -0.2) is 211 Å². The van der Waals surface area contributed by atoms with Crippen LogP contribution in [0.2, 0.25) is 0 Å². The third-order valence-corrected chi connectivity index (χ3v) is 14.6. The average molecular weight is 1080 g/mol. The Morgan fingerprint density at radius 3 is 1.45 bits per heavy atom. The van der Waals surface area contributed by atoms with E-state index in [0.29, 0.717) is 0 Å². The van der Waals surface area contributed by atoms with Crippen molar-refractivity contribution in [1.29, 1.82) is 0 Å². The van der Waals surface area contributed by atoms with E-state index >= 15 is 0 Å². The standard InChI is InChI=1S/C24H29NO15.C22H25NO13/c1-39-16-14(26)12-8-19(29,18(28)13(12)15(27)17(16)40-2)10-20(30)21(31,32)23(35,36)25(24(37,38)22(20,33)34)9-11-6-4-3-5-7-11;24-11-8-6-21(34,20(33)9(8)12(25)16(29)15(11)28)5-7-1-3-23(4-2-7)22(35,36)10-13(26)17(30)19(32)18(31)14(10)27/h3-7,26-27,29-38H,8-10H2,1-2H3;7,24-32,34-36H,1-6H2. The van der Waals surface area contributed by atoms with Crippen molar-refractivity contribution in [2.24, 2.45) is 5.92 Å². The highest BCUT2D eigenvalue weighted by molar-refractivity contribution is 6.11. The normalized spacial score (nSPS) is 23.6. The monoisotopic (exact) mass is 1080 g/mol. The van der Waals surface area contributed by atoms with Crippen LogP contribution >= 0.6 is 0 Å². The van der Waals surface area contributed by atoms with Crippen LogP contribution in [0, 0.1) is 5.92 Å². The van der Waals surface area contributed by atoms with E-state index in [2.05, 4.69) is 0 Å². The molecule has 4 aromatic carbocycles. The van der Waals surface area contributed by atoms with E-state index in [9.17, 15) is 132 Å². The molecule has 2 atom stereocenters. The summed E-state index contributed by atoms with van der Waals surface area (Å²) in [4.78, 5) is 26.8. The Balaban J connectivity index is 0.000000222. The molecule has 24 N–H and O–H groups in total. The van der Waals surface area contributed by atoms with Gasteiger partial charge in [0, 0.05) is 50.0 Å². The highest BCUT2D eigenvalue weighted by Crippen LogP contribution is 2.59. The fourth-order valence-corrected chi connectivity index (χ4v) is 10.3. The maximum atomic E-state index is 13.3. The molecule has 2 fully saturated rings. The lowest BCUT2D eigenvalue weighted by atomic mass is 9.68. The van der Waals surface area contributed by atoms with E-state index in [1.807, 2.05) is 0 Å². The number of aromatic hydroxyl groups is 11. The number of rotatable bonds is 10. The van der Waals surface area contributed by atoms with Gasteiger partial charge in [-0.05, 0) is 30.7 Å². The topological polar surface area (TPSA) is 545 Å². The van der Waals surface area contributed by atoms with Crippen molar-refractivity contribution < 1.29 is 142 Å². The second kappa shape index (κ2) is 18.4. The molecule has 0 amide bonds. The maximum Gasteiger partial charge on any atom is 0.289 e. The van der Waals surface area contributed by atoms with Crippen LogP contribution in [0.5, 0.6) is 74.7 Å². The van der Waals surface area contributed by atoms with Crippen molar-refractivity contribution >= 4 is 11.6 Å². The van der Waals surface area contributed by atoms with Gasteiger partial charge in [0.15, 0.2) is 51.7 Å². The minimum atomic E-state index is -4.56. The van der Waals surface area contributed by atoms with E-state index in [-0.39, 0.29) is 48.4 Å². The third-order valence-electron chi connectivity index (χ3n) is 14.6. The number of hydrogen-bond acceptors (Lipinski definition) is 30. The molecule has 0 spiro atoms. The molecular formula is C46H54N2O28. The zero-order valence-corrected chi connectivity index (χ0v) is 39.6. The lowest BCUT2D eigenvalue weighted by molar-refractivity contribution is -0.598. The highest BCUT2D eigenvalue weighted by Gasteiger charge is 2.85. The number of phenolic OH excluding ortho intramolecular Hbond substituents is 11. The molecule has 2 aliphatic carbocycles. The summed E-state index contributed by atoms with van der Waals surface area (Å²) >= 11 is 0. The summed E-state index contributed by atoms with van der Waals surface area (Å²) in [5.74, 6) is -36.9. The van der Waals surface area contributed by atoms with Crippen LogP contribution in [0.3, 0.4) is 0 Å². The second-order valence-corrected chi connectivity index (χ2v) is 19.1. The molecule has 0 aromatic heterocycles. The van der Waals surface area contributed by atoms with Crippen molar-refractivity contribution in [1.82, 2.24) is 9.80 Å². The van der Waals surface area contributed by atoms with Crippen molar-refractivity contribution in [2.75, 3.05) is 27.3 Å². The zero-order valence-electron chi connectivity index (χ0n) is 39.6. The van der Waals surface area contributed by atoms with Gasteiger partial charge in [-0.3, -0.25) is 9.59 Å². The van der Waals surface area contributed by atoms with Crippen molar-refractivity contribution in [3.63, 3.8) is 0 Å². The lowest BCUT2D eigenvalue weighted by Gasteiger charge is -2.63. The van der Waals surface area contributed by atoms with Crippen LogP contribution < -0.4 is 9.47 Å². The van der Waals surface area contributed by atoms with Crippen LogP contribution in [-0.2, 0) is 25.3 Å². The quantitative estimate of drug-likeness (QED) is 0.0403. The number of piperidine rings is 2. The van der Waals surface area contributed by atoms with Crippen molar-refractivity contribution in [3.8, 4) is 74.7 Å². The van der Waals surface area contributed by atoms with Gasteiger partial charge >= 0.3 is 0 Å². The summed E-state index contributed by atoms with van der Waals surface area (Å²) in [6, 6.07) is 7.05. The van der Waals surface area contributed by atoms with E-state index < -0.39 is 186 Å². The fourth-order valence-electron chi connectivity index (χ4n) is 10.3. The first-order chi connectivity index (χ1) is 34.9. The molecule has 30 heteroatoms. The number of ether oxygens (including phenoxy) is 2. The number of likely N-dealkylation sites (tertiary alicyclic amines) is 2. The molecule has 2 saturated heterocycles. The molecular weight excluding hydrogens is 1030 g/mol. The largest absolute Gasteiger partial charge is 0.504 e. The van der Waals surface area contributed by atoms with Crippen LogP contribution in [0.1, 0.15) is 68.7 Å². The van der Waals surface area contributed by atoms with Crippen LogP contribution in [0.4, 0.5) is 0 Å². The predicted octanol–water partition coefficient (Wildman–Crippen LogP) is -4.74. The van der Waals surface area contributed by atoms with Gasteiger partial charge in [0.05, 0.1) is 25.3 Å². The van der Waals surface area contributed by atoms with Gasteiger partial charge in [-0.1, -0.05) is 30.3 Å². The molecule has 4 aromatic rings. The molecule has 2 heterocycles. The Labute approximate surface area is 425 Å². The number of hydrogen-bond donors (Lipinski definition) is 24. The molecule has 0 saturated carbocycles. The maximum absolute atomic E-state index is 13.3. The zero-order chi connectivity index (χ0) is 57.2. The molecule has 416 valence electrons. The number of benzene rings is 4. The summed E-state index contributed by atoms with van der Waals surface area (Å²) in [5, 5.41) is 251. The number of aliphatic hydroxyl groups is 13. The van der Waals surface area contributed by atoms with E-state index in [1.54, 1.807) is 0 Å². The van der Waals surface area contributed by atoms with Crippen LogP contribution in [0.15, 0.2) is 30.3 Å².